The van der Waals surface area contributed by atoms with E-state index in [0.717, 1.165) is 31.4 Å². The Morgan fingerprint density at radius 2 is 1.79 bits per heavy atom. The van der Waals surface area contributed by atoms with Gasteiger partial charge >= 0.3 is 0 Å². The Bertz CT molecular complexity index is 355. The maximum absolute atomic E-state index is 11.9. The zero-order chi connectivity index (χ0) is 16.9. The zero-order valence-corrected chi connectivity index (χ0v) is 18.0. The van der Waals surface area contributed by atoms with Crippen LogP contribution in [0.3, 0.4) is 0 Å². The highest BCUT2D eigenvalue weighted by Gasteiger charge is 2.17. The van der Waals surface area contributed by atoms with Crippen LogP contribution in [0.5, 0.6) is 0 Å². The minimum atomic E-state index is 0. The van der Waals surface area contributed by atoms with Crippen molar-refractivity contribution >= 4 is 35.8 Å². The molecule has 0 radical (unpaired) electrons. The first-order chi connectivity index (χ1) is 11.1. The first-order valence-electron chi connectivity index (χ1n) is 9.40. The van der Waals surface area contributed by atoms with Gasteiger partial charge in [-0.05, 0) is 44.4 Å². The lowest BCUT2D eigenvalue weighted by molar-refractivity contribution is -0.121. The van der Waals surface area contributed by atoms with Gasteiger partial charge in [-0.2, -0.15) is 0 Å². The van der Waals surface area contributed by atoms with E-state index in [0.29, 0.717) is 25.4 Å². The van der Waals surface area contributed by atoms with Crippen molar-refractivity contribution in [3.05, 3.63) is 0 Å². The highest BCUT2D eigenvalue weighted by Crippen LogP contribution is 2.27. The number of hydrogen-bond acceptors (Lipinski definition) is 2. The third kappa shape index (κ3) is 11.9. The summed E-state index contributed by atoms with van der Waals surface area (Å²) in [5.41, 5.74) is 0. The second kappa shape index (κ2) is 14.8. The lowest BCUT2D eigenvalue weighted by Crippen LogP contribution is -2.41. The fourth-order valence-corrected chi connectivity index (χ4v) is 2.96. The largest absolute Gasteiger partial charge is 0.357 e. The van der Waals surface area contributed by atoms with Gasteiger partial charge in [0.25, 0.3) is 0 Å². The molecule has 24 heavy (non-hydrogen) atoms. The van der Waals surface area contributed by atoms with Crippen LogP contribution in [0.25, 0.3) is 0 Å². The van der Waals surface area contributed by atoms with Crippen molar-refractivity contribution in [1.29, 1.82) is 0 Å². The number of aliphatic imine (C=N–C) groups is 1. The molecule has 1 saturated carbocycles. The molecule has 0 unspecified atom stereocenters. The number of amides is 1. The smallest absolute Gasteiger partial charge is 0.220 e. The normalized spacial score (nSPS) is 15.2. The Hall–Kier alpha value is -0.530. The zero-order valence-electron chi connectivity index (χ0n) is 15.7. The van der Waals surface area contributed by atoms with Crippen molar-refractivity contribution < 1.29 is 4.79 Å². The number of nitrogens with zero attached hydrogens (tertiary/aromatic N) is 1. The fourth-order valence-electron chi connectivity index (χ4n) is 2.96. The van der Waals surface area contributed by atoms with Gasteiger partial charge in [0, 0.05) is 32.6 Å². The third-order valence-corrected chi connectivity index (χ3v) is 4.24. The minimum absolute atomic E-state index is 0. The SMILES string of the molecule is CCNC(=NCCCC(C)C)NCCNC(=O)CC1CCCC1.I. The summed E-state index contributed by atoms with van der Waals surface area (Å²) in [5.74, 6) is 2.39. The summed E-state index contributed by atoms with van der Waals surface area (Å²) in [6.07, 6.45) is 8.05. The average Bonchev–Trinajstić information content (AvgIpc) is 3.00. The summed E-state index contributed by atoms with van der Waals surface area (Å²) in [4.78, 5) is 16.4. The predicted octanol–water partition coefficient (Wildman–Crippen LogP) is 3.29. The molecule has 6 heteroatoms. The molecule has 5 nitrogen and oxygen atoms in total. The van der Waals surface area contributed by atoms with Gasteiger partial charge in [-0.1, -0.05) is 26.7 Å². The van der Waals surface area contributed by atoms with E-state index >= 15 is 0 Å². The third-order valence-electron chi connectivity index (χ3n) is 4.24. The predicted molar refractivity (Wildman–Crippen MR) is 113 cm³/mol. The molecule has 0 atom stereocenters. The Labute approximate surface area is 165 Å². The van der Waals surface area contributed by atoms with Crippen molar-refractivity contribution in [1.82, 2.24) is 16.0 Å². The number of guanidine groups is 1. The van der Waals surface area contributed by atoms with Gasteiger partial charge in [-0.3, -0.25) is 9.79 Å². The van der Waals surface area contributed by atoms with Crippen LogP contribution in [0.2, 0.25) is 0 Å². The minimum Gasteiger partial charge on any atom is -0.357 e. The summed E-state index contributed by atoms with van der Waals surface area (Å²) < 4.78 is 0. The number of rotatable bonds is 10. The monoisotopic (exact) mass is 452 g/mol. The van der Waals surface area contributed by atoms with Crippen molar-refractivity contribution in [3.63, 3.8) is 0 Å². The Morgan fingerprint density at radius 3 is 2.42 bits per heavy atom. The van der Waals surface area contributed by atoms with Gasteiger partial charge in [0.05, 0.1) is 0 Å². The van der Waals surface area contributed by atoms with E-state index in [1.54, 1.807) is 0 Å². The summed E-state index contributed by atoms with van der Waals surface area (Å²) in [6.45, 7) is 9.61. The average molecular weight is 452 g/mol. The van der Waals surface area contributed by atoms with Crippen molar-refractivity contribution in [2.24, 2.45) is 16.8 Å². The molecule has 0 aromatic heterocycles. The van der Waals surface area contributed by atoms with E-state index in [2.05, 4.69) is 41.7 Å². The molecule has 1 aliphatic rings. The maximum atomic E-state index is 11.9. The molecule has 0 aliphatic heterocycles. The van der Waals surface area contributed by atoms with Gasteiger partial charge in [0.2, 0.25) is 5.91 Å². The molecule has 1 rings (SSSR count). The van der Waals surface area contributed by atoms with Crippen molar-refractivity contribution in [2.45, 2.75) is 65.7 Å². The van der Waals surface area contributed by atoms with Crippen LogP contribution in [-0.2, 0) is 4.79 Å². The quantitative estimate of drug-likeness (QED) is 0.206. The van der Waals surface area contributed by atoms with E-state index in [-0.39, 0.29) is 29.9 Å². The van der Waals surface area contributed by atoms with Crippen molar-refractivity contribution in [2.75, 3.05) is 26.2 Å². The van der Waals surface area contributed by atoms with Crippen LogP contribution in [0.15, 0.2) is 4.99 Å². The standard InChI is InChI=1S/C18H36N4O.HI/c1-4-19-18(21-11-7-8-15(2)3)22-13-12-20-17(23)14-16-9-5-6-10-16;/h15-16H,4-14H2,1-3H3,(H,20,23)(H2,19,21,22);1H. The van der Waals surface area contributed by atoms with Gasteiger partial charge in [0.1, 0.15) is 0 Å². The van der Waals surface area contributed by atoms with Crippen LogP contribution in [-0.4, -0.2) is 38.0 Å². The van der Waals surface area contributed by atoms with Crippen LogP contribution in [0.1, 0.15) is 65.7 Å². The van der Waals surface area contributed by atoms with E-state index in [4.69, 9.17) is 0 Å². The Kier molecular flexibility index (Phi) is 14.5. The van der Waals surface area contributed by atoms with E-state index < -0.39 is 0 Å². The molecule has 0 bridgehead atoms. The molecule has 3 N–H and O–H groups in total. The molecule has 1 fully saturated rings. The number of hydrogen-bond donors (Lipinski definition) is 3. The summed E-state index contributed by atoms with van der Waals surface area (Å²) >= 11 is 0. The molecule has 1 amide bonds. The second-order valence-corrected chi connectivity index (χ2v) is 6.93. The molecule has 0 saturated heterocycles. The summed E-state index contributed by atoms with van der Waals surface area (Å²) in [5, 5.41) is 9.53. The summed E-state index contributed by atoms with van der Waals surface area (Å²) in [7, 11) is 0. The highest BCUT2D eigenvalue weighted by molar-refractivity contribution is 14.0. The van der Waals surface area contributed by atoms with Crippen LogP contribution >= 0.6 is 24.0 Å². The lowest BCUT2D eigenvalue weighted by atomic mass is 10.0. The highest BCUT2D eigenvalue weighted by atomic mass is 127. The van der Waals surface area contributed by atoms with Crippen LogP contribution < -0.4 is 16.0 Å². The van der Waals surface area contributed by atoms with Gasteiger partial charge in [-0.15, -0.1) is 24.0 Å². The van der Waals surface area contributed by atoms with Crippen LogP contribution in [0, 0.1) is 11.8 Å². The second-order valence-electron chi connectivity index (χ2n) is 6.93. The molecule has 0 aromatic carbocycles. The van der Waals surface area contributed by atoms with Gasteiger partial charge in [0.15, 0.2) is 5.96 Å². The first kappa shape index (κ1) is 23.5. The number of carbonyl (C=O) groups is 1. The van der Waals surface area contributed by atoms with E-state index in [9.17, 15) is 4.79 Å². The van der Waals surface area contributed by atoms with E-state index in [1.165, 1.54) is 32.1 Å². The number of carbonyl (C=O) groups excluding carboxylic acids is 1. The summed E-state index contributed by atoms with van der Waals surface area (Å²) in [6, 6.07) is 0. The molecule has 1 aliphatic carbocycles. The number of halogens is 1. The molecule has 0 aromatic rings. The van der Waals surface area contributed by atoms with E-state index in [1.807, 2.05) is 0 Å². The Morgan fingerprint density at radius 1 is 1.12 bits per heavy atom. The molecular weight excluding hydrogens is 415 g/mol. The molecule has 142 valence electrons. The maximum Gasteiger partial charge on any atom is 0.220 e. The van der Waals surface area contributed by atoms with Crippen LogP contribution in [0.4, 0.5) is 0 Å². The molecule has 0 heterocycles. The topological polar surface area (TPSA) is 65.5 Å². The lowest BCUT2D eigenvalue weighted by Gasteiger charge is -2.13. The fraction of sp³-hybridized carbons (Fsp3) is 0.889. The molecular formula is C18H37IN4O. The Balaban J connectivity index is 0.00000529. The van der Waals surface area contributed by atoms with Gasteiger partial charge in [-0.25, -0.2) is 0 Å². The van der Waals surface area contributed by atoms with Gasteiger partial charge < -0.3 is 16.0 Å². The molecule has 0 spiro atoms. The number of nitrogens with one attached hydrogen (secondary N) is 3. The van der Waals surface area contributed by atoms with Crippen molar-refractivity contribution in [3.8, 4) is 0 Å². The first-order valence-corrected chi connectivity index (χ1v) is 9.40.